The molecule has 1 saturated heterocycles. The summed E-state index contributed by atoms with van der Waals surface area (Å²) in [5.74, 6) is 0.655. The first kappa shape index (κ1) is 17.2. The van der Waals surface area contributed by atoms with Gasteiger partial charge < -0.3 is 9.64 Å². The molecule has 1 saturated carbocycles. The smallest absolute Gasteiger partial charge is 0.252 e. The molecule has 136 valence electrons. The molecule has 2 aromatic rings. The van der Waals surface area contributed by atoms with E-state index in [1.165, 1.54) is 24.2 Å². The van der Waals surface area contributed by atoms with Crippen molar-refractivity contribution in [1.29, 1.82) is 0 Å². The minimum atomic E-state index is -0.172. The molecule has 2 aliphatic rings. The zero-order valence-electron chi connectivity index (χ0n) is 14.4. The molecule has 26 heavy (non-hydrogen) atoms. The Morgan fingerprint density at radius 2 is 2.12 bits per heavy atom. The van der Waals surface area contributed by atoms with Crippen LogP contribution in [0.3, 0.4) is 0 Å². The van der Waals surface area contributed by atoms with Gasteiger partial charge in [-0.15, -0.1) is 11.3 Å². The lowest BCUT2D eigenvalue weighted by atomic mass is 10.1. The van der Waals surface area contributed by atoms with Crippen molar-refractivity contribution in [3.05, 3.63) is 29.6 Å². The summed E-state index contributed by atoms with van der Waals surface area (Å²) >= 11 is 1.39. The highest BCUT2D eigenvalue weighted by Crippen LogP contribution is 2.29. The average molecular weight is 371 g/mol. The number of nitrogens with zero attached hydrogens (tertiary/aromatic N) is 2. The first-order valence-corrected chi connectivity index (χ1v) is 9.81. The molecule has 2 amide bonds. The number of carbonyl (C=O) groups excluding carboxylic acids is 2. The molecule has 0 atom stereocenters. The SMILES string of the molecule is O=C(COCC1CC1)Nc1nc(-c2ccc(N3CCCC3=O)cc2)cs1. The zero-order chi connectivity index (χ0) is 17.9. The van der Waals surface area contributed by atoms with Gasteiger partial charge in [0.25, 0.3) is 5.91 Å². The van der Waals surface area contributed by atoms with Crippen LogP contribution >= 0.6 is 11.3 Å². The van der Waals surface area contributed by atoms with E-state index in [-0.39, 0.29) is 18.4 Å². The largest absolute Gasteiger partial charge is 0.371 e. The maximum absolute atomic E-state index is 11.9. The fourth-order valence-corrected chi connectivity index (χ4v) is 3.69. The molecule has 0 spiro atoms. The third kappa shape index (κ3) is 4.11. The van der Waals surface area contributed by atoms with Crippen molar-refractivity contribution >= 4 is 34.0 Å². The summed E-state index contributed by atoms with van der Waals surface area (Å²) in [6, 6.07) is 7.81. The van der Waals surface area contributed by atoms with Gasteiger partial charge in [0.15, 0.2) is 5.13 Å². The Morgan fingerprint density at radius 1 is 1.31 bits per heavy atom. The Kier molecular flexibility index (Phi) is 4.99. The summed E-state index contributed by atoms with van der Waals surface area (Å²) in [6.45, 7) is 1.53. The maximum Gasteiger partial charge on any atom is 0.252 e. The van der Waals surface area contributed by atoms with Crippen LogP contribution in [-0.4, -0.2) is 36.6 Å². The van der Waals surface area contributed by atoms with Crippen LogP contribution in [0.1, 0.15) is 25.7 Å². The summed E-state index contributed by atoms with van der Waals surface area (Å²) < 4.78 is 5.39. The van der Waals surface area contributed by atoms with Crippen LogP contribution in [0.5, 0.6) is 0 Å². The normalized spacial score (nSPS) is 16.9. The monoisotopic (exact) mass is 371 g/mol. The molecule has 1 N–H and O–H groups in total. The number of thiazole rings is 1. The minimum absolute atomic E-state index is 0.0734. The molecule has 1 aromatic heterocycles. The molecule has 0 unspecified atom stereocenters. The van der Waals surface area contributed by atoms with E-state index < -0.39 is 0 Å². The number of amides is 2. The fraction of sp³-hybridized carbons (Fsp3) is 0.421. The number of ether oxygens (including phenoxy) is 1. The standard InChI is InChI=1S/C19H21N3O3S/c23-17(11-25-10-13-3-4-13)21-19-20-16(12-26-19)14-5-7-15(8-6-14)22-9-1-2-18(22)24/h5-8,12-13H,1-4,9-11H2,(H,20,21,23). The van der Waals surface area contributed by atoms with Crippen molar-refractivity contribution < 1.29 is 14.3 Å². The van der Waals surface area contributed by atoms with Crippen molar-refractivity contribution in [3.63, 3.8) is 0 Å². The Labute approximate surface area is 156 Å². The van der Waals surface area contributed by atoms with E-state index in [1.807, 2.05) is 34.5 Å². The first-order chi connectivity index (χ1) is 12.7. The van der Waals surface area contributed by atoms with Crippen molar-refractivity contribution in [3.8, 4) is 11.3 Å². The molecule has 1 aliphatic carbocycles. The topological polar surface area (TPSA) is 71.5 Å². The predicted octanol–water partition coefficient (Wildman–Crippen LogP) is 3.30. The van der Waals surface area contributed by atoms with Crippen LogP contribution in [0.2, 0.25) is 0 Å². The fourth-order valence-electron chi connectivity index (χ4n) is 2.96. The summed E-state index contributed by atoms with van der Waals surface area (Å²) in [6.07, 6.45) is 3.96. The molecule has 6 nitrogen and oxygen atoms in total. The van der Waals surface area contributed by atoms with Crippen LogP contribution < -0.4 is 10.2 Å². The quantitative estimate of drug-likeness (QED) is 0.811. The second-order valence-corrected chi connectivity index (χ2v) is 7.60. The lowest BCUT2D eigenvalue weighted by Gasteiger charge is -2.15. The molecule has 2 heterocycles. The number of nitrogens with one attached hydrogen (secondary N) is 1. The van der Waals surface area contributed by atoms with Gasteiger partial charge in [-0.1, -0.05) is 12.1 Å². The van der Waals surface area contributed by atoms with Gasteiger partial charge in [0.05, 0.1) is 12.3 Å². The molecule has 0 bridgehead atoms. The molecular formula is C19H21N3O3S. The van der Waals surface area contributed by atoms with Gasteiger partial charge in [0, 0.05) is 29.6 Å². The Hall–Kier alpha value is -2.25. The van der Waals surface area contributed by atoms with E-state index in [9.17, 15) is 9.59 Å². The van der Waals surface area contributed by atoms with Gasteiger partial charge >= 0.3 is 0 Å². The summed E-state index contributed by atoms with van der Waals surface area (Å²) in [4.78, 5) is 30.0. The van der Waals surface area contributed by atoms with Gasteiger partial charge in [-0.05, 0) is 37.3 Å². The average Bonchev–Trinajstić information content (AvgIpc) is 3.17. The van der Waals surface area contributed by atoms with Crippen molar-refractivity contribution in [2.45, 2.75) is 25.7 Å². The number of carbonyl (C=O) groups is 2. The highest BCUT2D eigenvalue weighted by atomic mass is 32.1. The van der Waals surface area contributed by atoms with E-state index in [0.717, 1.165) is 29.9 Å². The number of aromatic nitrogens is 1. The van der Waals surface area contributed by atoms with Gasteiger partial charge in [0.2, 0.25) is 5.91 Å². The number of hydrogen-bond acceptors (Lipinski definition) is 5. The predicted molar refractivity (Wildman–Crippen MR) is 101 cm³/mol. The van der Waals surface area contributed by atoms with E-state index >= 15 is 0 Å². The number of benzene rings is 1. The van der Waals surface area contributed by atoms with Crippen LogP contribution in [0.15, 0.2) is 29.6 Å². The van der Waals surface area contributed by atoms with Crippen LogP contribution in [0.25, 0.3) is 11.3 Å². The highest BCUT2D eigenvalue weighted by molar-refractivity contribution is 7.14. The van der Waals surface area contributed by atoms with Crippen molar-refractivity contribution in [2.75, 3.05) is 30.0 Å². The lowest BCUT2D eigenvalue weighted by Crippen LogP contribution is -2.23. The molecule has 0 radical (unpaired) electrons. The van der Waals surface area contributed by atoms with Gasteiger partial charge in [0.1, 0.15) is 6.61 Å². The summed E-state index contributed by atoms with van der Waals surface area (Å²) in [5.41, 5.74) is 2.69. The minimum Gasteiger partial charge on any atom is -0.371 e. The van der Waals surface area contributed by atoms with Crippen LogP contribution in [0.4, 0.5) is 10.8 Å². The summed E-state index contributed by atoms with van der Waals surface area (Å²) in [5, 5.41) is 5.26. The van der Waals surface area contributed by atoms with Crippen LogP contribution in [0, 0.1) is 5.92 Å². The number of anilines is 2. The van der Waals surface area contributed by atoms with E-state index in [4.69, 9.17) is 4.74 Å². The number of rotatable bonds is 7. The molecule has 7 heteroatoms. The van der Waals surface area contributed by atoms with Gasteiger partial charge in [-0.2, -0.15) is 0 Å². The van der Waals surface area contributed by atoms with Gasteiger partial charge in [-0.25, -0.2) is 4.98 Å². The van der Waals surface area contributed by atoms with Crippen LogP contribution in [-0.2, 0) is 14.3 Å². The second-order valence-electron chi connectivity index (χ2n) is 6.74. The Morgan fingerprint density at radius 3 is 2.81 bits per heavy atom. The lowest BCUT2D eigenvalue weighted by molar-refractivity contribution is -0.120. The highest BCUT2D eigenvalue weighted by Gasteiger charge is 2.22. The Balaban J connectivity index is 1.34. The molecule has 1 aromatic carbocycles. The Bertz CT molecular complexity index is 799. The van der Waals surface area contributed by atoms with E-state index in [1.54, 1.807) is 0 Å². The van der Waals surface area contributed by atoms with Gasteiger partial charge in [-0.3, -0.25) is 14.9 Å². The molecule has 4 rings (SSSR count). The van der Waals surface area contributed by atoms with Crippen molar-refractivity contribution in [1.82, 2.24) is 4.98 Å². The maximum atomic E-state index is 11.9. The van der Waals surface area contributed by atoms with E-state index in [2.05, 4.69) is 10.3 Å². The summed E-state index contributed by atoms with van der Waals surface area (Å²) in [7, 11) is 0. The molecule has 1 aliphatic heterocycles. The zero-order valence-corrected chi connectivity index (χ0v) is 15.3. The molecular weight excluding hydrogens is 350 g/mol. The van der Waals surface area contributed by atoms with Crippen molar-refractivity contribution in [2.24, 2.45) is 5.92 Å². The second kappa shape index (κ2) is 7.55. The van der Waals surface area contributed by atoms with E-state index in [0.29, 0.717) is 24.1 Å². The first-order valence-electron chi connectivity index (χ1n) is 8.93. The third-order valence-electron chi connectivity index (χ3n) is 4.58. The third-order valence-corrected chi connectivity index (χ3v) is 5.34. The number of hydrogen-bond donors (Lipinski definition) is 1. The molecule has 2 fully saturated rings.